The summed E-state index contributed by atoms with van der Waals surface area (Å²) < 4.78 is 13.3. The first-order valence-corrected chi connectivity index (χ1v) is 4.85. The Morgan fingerprint density at radius 2 is 2.31 bits per heavy atom. The molecule has 1 atom stereocenters. The molecule has 0 N–H and O–H groups in total. The lowest BCUT2D eigenvalue weighted by molar-refractivity contribution is 0.616. The SMILES string of the molecule is O=NC(CCl)c1ccc(Br)c(F)c1. The van der Waals surface area contributed by atoms with Crippen LogP contribution in [0, 0.1) is 10.7 Å². The summed E-state index contributed by atoms with van der Waals surface area (Å²) in [5.41, 5.74) is 0.491. The normalized spacial score (nSPS) is 12.5. The van der Waals surface area contributed by atoms with Gasteiger partial charge in [-0.15, -0.1) is 11.6 Å². The van der Waals surface area contributed by atoms with Crippen molar-refractivity contribution in [2.24, 2.45) is 5.18 Å². The fraction of sp³-hybridized carbons (Fsp3) is 0.250. The molecule has 0 spiro atoms. The Kier molecular flexibility index (Phi) is 3.81. The second-order valence-corrected chi connectivity index (χ2v) is 3.61. The molecule has 0 saturated carbocycles. The van der Waals surface area contributed by atoms with Crippen LogP contribution in [0.3, 0.4) is 0 Å². The fourth-order valence-corrected chi connectivity index (χ4v) is 1.38. The lowest BCUT2D eigenvalue weighted by atomic mass is 10.1. The maximum absolute atomic E-state index is 13.0. The van der Waals surface area contributed by atoms with Gasteiger partial charge in [-0.25, -0.2) is 4.39 Å². The van der Waals surface area contributed by atoms with E-state index in [1.165, 1.54) is 12.1 Å². The molecule has 1 rings (SSSR count). The molecular formula is C8H6BrClFNO. The van der Waals surface area contributed by atoms with Crippen LogP contribution in [-0.4, -0.2) is 5.88 Å². The lowest BCUT2D eigenvalue weighted by Gasteiger charge is -2.05. The quantitative estimate of drug-likeness (QED) is 0.607. The zero-order valence-electron chi connectivity index (χ0n) is 6.51. The summed E-state index contributed by atoms with van der Waals surface area (Å²) in [6.07, 6.45) is 0. The van der Waals surface area contributed by atoms with Gasteiger partial charge in [0.25, 0.3) is 0 Å². The molecule has 13 heavy (non-hydrogen) atoms. The average Bonchev–Trinajstić information content (AvgIpc) is 2.13. The van der Waals surface area contributed by atoms with Gasteiger partial charge in [0.2, 0.25) is 0 Å². The van der Waals surface area contributed by atoms with Crippen LogP contribution >= 0.6 is 27.5 Å². The van der Waals surface area contributed by atoms with Gasteiger partial charge < -0.3 is 0 Å². The van der Waals surface area contributed by atoms with Crippen LogP contribution in [0.1, 0.15) is 11.6 Å². The molecule has 2 nitrogen and oxygen atoms in total. The van der Waals surface area contributed by atoms with Crippen molar-refractivity contribution in [3.63, 3.8) is 0 Å². The van der Waals surface area contributed by atoms with Crippen LogP contribution in [0.15, 0.2) is 27.8 Å². The molecule has 0 radical (unpaired) electrons. The predicted octanol–water partition coefficient (Wildman–Crippen LogP) is 3.63. The van der Waals surface area contributed by atoms with E-state index in [1.807, 2.05) is 0 Å². The third-order valence-corrected chi connectivity index (χ3v) is 2.54. The molecule has 70 valence electrons. The van der Waals surface area contributed by atoms with Crippen LogP contribution < -0.4 is 0 Å². The van der Waals surface area contributed by atoms with E-state index in [-0.39, 0.29) is 5.88 Å². The first-order chi connectivity index (χ1) is 6.19. The minimum absolute atomic E-state index is 0.0601. The van der Waals surface area contributed by atoms with Crippen molar-refractivity contribution in [1.29, 1.82) is 0 Å². The average molecular weight is 266 g/mol. The van der Waals surface area contributed by atoms with Crippen molar-refractivity contribution < 1.29 is 4.39 Å². The van der Waals surface area contributed by atoms with Crippen molar-refractivity contribution in [3.8, 4) is 0 Å². The van der Waals surface area contributed by atoms with E-state index in [1.54, 1.807) is 6.07 Å². The predicted molar refractivity (Wildman–Crippen MR) is 53.4 cm³/mol. The molecular weight excluding hydrogens is 260 g/mol. The van der Waals surface area contributed by atoms with Crippen LogP contribution in [0.2, 0.25) is 0 Å². The zero-order valence-corrected chi connectivity index (χ0v) is 8.85. The molecule has 0 aliphatic heterocycles. The summed E-state index contributed by atoms with van der Waals surface area (Å²) in [6, 6.07) is 3.71. The minimum atomic E-state index is -0.677. The van der Waals surface area contributed by atoms with Crippen molar-refractivity contribution >= 4 is 27.5 Å². The molecule has 1 unspecified atom stereocenters. The maximum atomic E-state index is 13.0. The van der Waals surface area contributed by atoms with E-state index in [2.05, 4.69) is 21.1 Å². The standard InChI is InChI=1S/C8H6BrClFNO/c9-6-2-1-5(3-7(6)11)8(4-10)12-13/h1-3,8H,4H2. The van der Waals surface area contributed by atoms with Gasteiger partial charge in [0.1, 0.15) is 11.9 Å². The van der Waals surface area contributed by atoms with Gasteiger partial charge in [0, 0.05) is 0 Å². The van der Waals surface area contributed by atoms with E-state index in [4.69, 9.17) is 11.6 Å². The van der Waals surface area contributed by atoms with Crippen LogP contribution in [0.25, 0.3) is 0 Å². The van der Waals surface area contributed by atoms with Gasteiger partial charge in [0.15, 0.2) is 0 Å². The van der Waals surface area contributed by atoms with E-state index < -0.39 is 11.9 Å². The molecule has 0 heterocycles. The second-order valence-electron chi connectivity index (χ2n) is 2.45. The van der Waals surface area contributed by atoms with E-state index in [0.717, 1.165) is 0 Å². The number of hydrogen-bond donors (Lipinski definition) is 0. The van der Waals surface area contributed by atoms with Gasteiger partial charge in [0.05, 0.1) is 10.4 Å². The Balaban J connectivity index is 3.01. The maximum Gasteiger partial charge on any atom is 0.137 e. The Morgan fingerprint density at radius 3 is 2.77 bits per heavy atom. The lowest BCUT2D eigenvalue weighted by Crippen LogP contribution is -1.96. The molecule has 0 bridgehead atoms. The summed E-state index contributed by atoms with van der Waals surface area (Å²) in [7, 11) is 0. The minimum Gasteiger partial charge on any atom is -0.206 e. The zero-order chi connectivity index (χ0) is 9.84. The molecule has 0 aliphatic carbocycles. The highest BCUT2D eigenvalue weighted by atomic mass is 79.9. The van der Waals surface area contributed by atoms with Gasteiger partial charge >= 0.3 is 0 Å². The summed E-state index contributed by atoms with van der Waals surface area (Å²) in [4.78, 5) is 10.3. The number of hydrogen-bond acceptors (Lipinski definition) is 2. The second kappa shape index (κ2) is 4.67. The highest BCUT2D eigenvalue weighted by Crippen LogP contribution is 2.23. The molecule has 0 fully saturated rings. The summed E-state index contributed by atoms with van der Waals surface area (Å²) in [6.45, 7) is 0. The summed E-state index contributed by atoms with van der Waals surface area (Å²) in [5, 5.41) is 2.78. The summed E-state index contributed by atoms with van der Waals surface area (Å²) in [5.74, 6) is -0.360. The van der Waals surface area contributed by atoms with Crippen molar-refractivity contribution in [2.75, 3.05) is 5.88 Å². The van der Waals surface area contributed by atoms with E-state index >= 15 is 0 Å². The largest absolute Gasteiger partial charge is 0.206 e. The highest BCUT2D eigenvalue weighted by Gasteiger charge is 2.11. The highest BCUT2D eigenvalue weighted by molar-refractivity contribution is 9.10. The van der Waals surface area contributed by atoms with Gasteiger partial charge in [-0.05, 0) is 33.6 Å². The third kappa shape index (κ3) is 2.48. The van der Waals surface area contributed by atoms with Gasteiger partial charge in [-0.1, -0.05) is 11.2 Å². The Morgan fingerprint density at radius 1 is 1.62 bits per heavy atom. The first-order valence-electron chi connectivity index (χ1n) is 3.52. The molecule has 1 aromatic rings. The smallest absolute Gasteiger partial charge is 0.137 e. The van der Waals surface area contributed by atoms with Crippen LogP contribution in [0.5, 0.6) is 0 Å². The first kappa shape index (κ1) is 10.6. The Labute approximate surface area is 88.2 Å². The van der Waals surface area contributed by atoms with Crippen LogP contribution in [0.4, 0.5) is 4.39 Å². The molecule has 1 aromatic carbocycles. The fourth-order valence-electron chi connectivity index (χ4n) is 0.898. The van der Waals surface area contributed by atoms with E-state index in [0.29, 0.717) is 10.0 Å². The third-order valence-electron chi connectivity index (χ3n) is 1.60. The van der Waals surface area contributed by atoms with E-state index in [9.17, 15) is 9.30 Å². The molecule has 5 heteroatoms. The topological polar surface area (TPSA) is 29.4 Å². The van der Waals surface area contributed by atoms with Crippen molar-refractivity contribution in [2.45, 2.75) is 6.04 Å². The number of nitroso groups, excluding NO2 is 1. The van der Waals surface area contributed by atoms with Crippen molar-refractivity contribution in [1.82, 2.24) is 0 Å². The van der Waals surface area contributed by atoms with Crippen LogP contribution in [-0.2, 0) is 0 Å². The number of benzene rings is 1. The summed E-state index contributed by atoms with van der Waals surface area (Å²) >= 11 is 8.47. The van der Waals surface area contributed by atoms with Gasteiger partial charge in [-0.3, -0.25) is 0 Å². The molecule has 0 aromatic heterocycles. The molecule has 0 saturated heterocycles. The van der Waals surface area contributed by atoms with Crippen molar-refractivity contribution in [3.05, 3.63) is 39.0 Å². The Bertz CT molecular complexity index is 321. The monoisotopic (exact) mass is 265 g/mol. The number of nitrogens with zero attached hydrogens (tertiary/aromatic N) is 1. The number of rotatable bonds is 3. The number of alkyl halides is 1. The number of halogens is 3. The Hall–Kier alpha value is -0.480. The van der Waals surface area contributed by atoms with Gasteiger partial charge in [-0.2, -0.15) is 4.91 Å². The molecule has 0 amide bonds. The molecule has 0 aliphatic rings.